The molecule has 2 aromatic rings. The van der Waals surface area contributed by atoms with Crippen LogP contribution >= 0.6 is 23.2 Å². The van der Waals surface area contributed by atoms with Gasteiger partial charge in [0.2, 0.25) is 21.8 Å². The quantitative estimate of drug-likeness (QED) is 0.494. The van der Waals surface area contributed by atoms with Gasteiger partial charge >= 0.3 is 0 Å². The maximum Gasteiger partial charge on any atom is 0.244 e. The number of halogens is 2. The number of carbonyl (C=O) groups is 2. The first-order valence-corrected chi connectivity index (χ1v) is 13.8. The van der Waals surface area contributed by atoms with Crippen LogP contribution in [-0.2, 0) is 26.2 Å². The Morgan fingerprint density at radius 2 is 1.71 bits per heavy atom. The molecule has 2 rings (SSSR count). The largest absolute Gasteiger partial charge is 0.350 e. The van der Waals surface area contributed by atoms with Crippen molar-refractivity contribution in [1.29, 1.82) is 0 Å². The summed E-state index contributed by atoms with van der Waals surface area (Å²) in [7, 11) is -3.80. The predicted octanol–water partition coefficient (Wildman–Crippen LogP) is 4.79. The second-order valence-electron chi connectivity index (χ2n) is 9.48. The Labute approximate surface area is 218 Å². The zero-order valence-electron chi connectivity index (χ0n) is 20.9. The molecule has 0 radical (unpaired) electrons. The molecule has 0 heterocycles. The van der Waals surface area contributed by atoms with E-state index in [1.54, 1.807) is 56.3 Å². The number of nitrogens with one attached hydrogen (secondary N) is 1. The van der Waals surface area contributed by atoms with Crippen molar-refractivity contribution >= 4 is 50.7 Å². The van der Waals surface area contributed by atoms with Crippen LogP contribution in [0.15, 0.2) is 42.5 Å². The summed E-state index contributed by atoms with van der Waals surface area (Å²) in [6.07, 6.45) is 1.37. The lowest BCUT2D eigenvalue weighted by atomic mass is 10.1. The fraction of sp³-hybridized carbons (Fsp3) is 0.440. The van der Waals surface area contributed by atoms with Crippen LogP contribution in [0.3, 0.4) is 0 Å². The van der Waals surface area contributed by atoms with Crippen LogP contribution in [0.25, 0.3) is 0 Å². The molecule has 0 bridgehead atoms. The predicted molar refractivity (Wildman–Crippen MR) is 142 cm³/mol. The molecule has 0 aliphatic carbocycles. The molecule has 35 heavy (non-hydrogen) atoms. The third kappa shape index (κ3) is 8.12. The summed E-state index contributed by atoms with van der Waals surface area (Å²) < 4.78 is 26.5. The highest BCUT2D eigenvalue weighted by Gasteiger charge is 2.33. The molecule has 2 amide bonds. The molecule has 0 aromatic heterocycles. The van der Waals surface area contributed by atoms with Gasteiger partial charge in [-0.2, -0.15) is 0 Å². The molecule has 10 heteroatoms. The highest BCUT2D eigenvalue weighted by molar-refractivity contribution is 7.92. The van der Waals surface area contributed by atoms with Gasteiger partial charge in [0.05, 0.1) is 11.9 Å². The maximum absolute atomic E-state index is 13.7. The Kier molecular flexibility index (Phi) is 9.62. The molecular formula is C25H33Cl2N3O4S. The smallest absolute Gasteiger partial charge is 0.244 e. The standard InChI is InChI=1S/C25H33Cl2N3O4S/c1-7-21(24(32)28-25(3,4)5)29(15-18-12-13-19(26)14-20(18)27)23(31)16-30(35(6,33)34)22-11-9-8-10-17(22)2/h8-14,21H,7,15-16H2,1-6H3,(H,28,32). The molecule has 0 spiro atoms. The van der Waals surface area contributed by atoms with Crippen molar-refractivity contribution < 1.29 is 18.0 Å². The van der Waals surface area contributed by atoms with Crippen LogP contribution in [0.1, 0.15) is 45.2 Å². The van der Waals surface area contributed by atoms with Gasteiger partial charge in [-0.15, -0.1) is 0 Å². The molecule has 1 N–H and O–H groups in total. The molecule has 1 unspecified atom stereocenters. The molecular weight excluding hydrogens is 509 g/mol. The summed E-state index contributed by atoms with van der Waals surface area (Å²) in [6.45, 7) is 8.67. The van der Waals surface area contributed by atoms with Crippen molar-refractivity contribution in [2.45, 2.75) is 59.2 Å². The summed E-state index contributed by atoms with van der Waals surface area (Å²) in [6, 6.07) is 11.0. The molecule has 2 aromatic carbocycles. The summed E-state index contributed by atoms with van der Waals surface area (Å²) >= 11 is 12.4. The van der Waals surface area contributed by atoms with Crippen LogP contribution in [-0.4, -0.2) is 49.5 Å². The lowest BCUT2D eigenvalue weighted by Crippen LogP contribution is -2.55. The normalized spacial score (nSPS) is 12.7. The van der Waals surface area contributed by atoms with E-state index < -0.39 is 34.1 Å². The lowest BCUT2D eigenvalue weighted by Gasteiger charge is -2.35. The summed E-state index contributed by atoms with van der Waals surface area (Å²) in [5.74, 6) is -0.860. The van der Waals surface area contributed by atoms with E-state index in [4.69, 9.17) is 23.2 Å². The number of para-hydroxylation sites is 1. The van der Waals surface area contributed by atoms with Gasteiger partial charge in [0.15, 0.2) is 0 Å². The van der Waals surface area contributed by atoms with Gasteiger partial charge in [-0.1, -0.05) is 54.4 Å². The number of sulfonamides is 1. The Bertz CT molecular complexity index is 1180. The summed E-state index contributed by atoms with van der Waals surface area (Å²) in [5, 5.41) is 3.71. The fourth-order valence-electron chi connectivity index (χ4n) is 3.64. The van der Waals surface area contributed by atoms with Gasteiger partial charge in [0, 0.05) is 22.1 Å². The maximum atomic E-state index is 13.7. The average Bonchev–Trinajstić information content (AvgIpc) is 2.71. The molecule has 0 saturated carbocycles. The van der Waals surface area contributed by atoms with Gasteiger partial charge in [0.25, 0.3) is 0 Å². The fourth-order valence-corrected chi connectivity index (χ4v) is 5.02. The van der Waals surface area contributed by atoms with Crippen molar-refractivity contribution in [3.05, 3.63) is 63.6 Å². The van der Waals surface area contributed by atoms with Crippen molar-refractivity contribution in [1.82, 2.24) is 10.2 Å². The zero-order valence-corrected chi connectivity index (χ0v) is 23.3. The highest BCUT2D eigenvalue weighted by atomic mass is 35.5. The Hall–Kier alpha value is -2.29. The van der Waals surface area contributed by atoms with Crippen LogP contribution in [0, 0.1) is 6.92 Å². The van der Waals surface area contributed by atoms with Gasteiger partial charge in [-0.05, 0) is 63.4 Å². The third-order valence-electron chi connectivity index (χ3n) is 5.30. The van der Waals surface area contributed by atoms with Crippen molar-refractivity contribution in [3.63, 3.8) is 0 Å². The lowest BCUT2D eigenvalue weighted by molar-refractivity contribution is -0.141. The minimum absolute atomic E-state index is 0.0102. The minimum Gasteiger partial charge on any atom is -0.350 e. The van der Waals surface area contributed by atoms with E-state index in [1.165, 1.54) is 4.90 Å². The summed E-state index contributed by atoms with van der Waals surface area (Å²) in [5.41, 5.74) is 1.18. The number of aryl methyl sites for hydroxylation is 1. The van der Waals surface area contributed by atoms with Gasteiger partial charge < -0.3 is 10.2 Å². The number of anilines is 1. The average molecular weight is 543 g/mol. The van der Waals surface area contributed by atoms with Crippen LogP contribution in [0.4, 0.5) is 5.69 Å². The second-order valence-corrected chi connectivity index (χ2v) is 12.2. The van der Waals surface area contributed by atoms with E-state index in [1.807, 2.05) is 20.8 Å². The Morgan fingerprint density at radius 1 is 1.09 bits per heavy atom. The molecule has 192 valence electrons. The van der Waals surface area contributed by atoms with E-state index in [9.17, 15) is 18.0 Å². The molecule has 0 fully saturated rings. The molecule has 0 aliphatic heterocycles. The summed E-state index contributed by atoms with van der Waals surface area (Å²) in [4.78, 5) is 28.3. The molecule has 1 atom stereocenters. The van der Waals surface area contributed by atoms with Crippen LogP contribution in [0.5, 0.6) is 0 Å². The van der Waals surface area contributed by atoms with Gasteiger partial charge in [-0.25, -0.2) is 8.42 Å². The van der Waals surface area contributed by atoms with E-state index in [0.717, 1.165) is 10.6 Å². The topological polar surface area (TPSA) is 86.8 Å². The van der Waals surface area contributed by atoms with Gasteiger partial charge in [-0.3, -0.25) is 13.9 Å². The van der Waals surface area contributed by atoms with Crippen LogP contribution < -0.4 is 9.62 Å². The second kappa shape index (κ2) is 11.6. The molecule has 0 saturated heterocycles. The first-order chi connectivity index (χ1) is 16.1. The number of nitrogens with zero attached hydrogens (tertiary/aromatic N) is 2. The van der Waals surface area contributed by atoms with Crippen molar-refractivity contribution in [3.8, 4) is 0 Å². The molecule has 7 nitrogen and oxygen atoms in total. The van der Waals surface area contributed by atoms with E-state index in [2.05, 4.69) is 5.32 Å². The number of hydrogen-bond donors (Lipinski definition) is 1. The van der Waals surface area contributed by atoms with Crippen molar-refractivity contribution in [2.75, 3.05) is 17.1 Å². The Morgan fingerprint density at radius 3 is 2.23 bits per heavy atom. The number of rotatable bonds is 9. The van der Waals surface area contributed by atoms with Crippen LogP contribution in [0.2, 0.25) is 10.0 Å². The third-order valence-corrected chi connectivity index (χ3v) is 7.02. The number of hydrogen-bond acceptors (Lipinski definition) is 4. The monoisotopic (exact) mass is 541 g/mol. The highest BCUT2D eigenvalue weighted by Crippen LogP contribution is 2.26. The first kappa shape index (κ1) is 28.9. The first-order valence-electron chi connectivity index (χ1n) is 11.2. The van der Waals surface area contributed by atoms with Gasteiger partial charge in [0.1, 0.15) is 12.6 Å². The SMILES string of the molecule is CCC(C(=O)NC(C)(C)C)N(Cc1ccc(Cl)cc1Cl)C(=O)CN(c1ccccc1C)S(C)(=O)=O. The van der Waals surface area contributed by atoms with E-state index >= 15 is 0 Å². The van der Waals surface area contributed by atoms with E-state index in [-0.39, 0.29) is 12.5 Å². The zero-order chi connectivity index (χ0) is 26.6. The van der Waals surface area contributed by atoms with Crippen molar-refractivity contribution in [2.24, 2.45) is 0 Å². The number of carbonyl (C=O) groups excluding carboxylic acids is 2. The van der Waals surface area contributed by atoms with E-state index in [0.29, 0.717) is 33.3 Å². The minimum atomic E-state index is -3.80. The molecule has 0 aliphatic rings. The number of benzene rings is 2. The Balaban J connectivity index is 2.51. The number of amides is 2.